The van der Waals surface area contributed by atoms with E-state index in [1.54, 1.807) is 19.3 Å². The van der Waals surface area contributed by atoms with Crippen LogP contribution < -0.4 is 5.32 Å². The van der Waals surface area contributed by atoms with Crippen LogP contribution in [0.4, 0.5) is 8.78 Å². The average molecular weight is 237 g/mol. The lowest BCUT2D eigenvalue weighted by Crippen LogP contribution is -2.07. The summed E-state index contributed by atoms with van der Waals surface area (Å²) in [5, 5.41) is 3.70. The number of aromatic nitrogens is 2. The molecule has 17 heavy (non-hydrogen) atoms. The zero-order valence-electron chi connectivity index (χ0n) is 9.45. The third-order valence-electron chi connectivity index (χ3n) is 2.69. The fourth-order valence-electron chi connectivity index (χ4n) is 2.04. The zero-order valence-corrected chi connectivity index (χ0v) is 9.45. The minimum Gasteiger partial charge on any atom is -0.316 e. The number of fused-ring (bicyclic) bond motifs is 1. The molecule has 0 aliphatic carbocycles. The molecule has 0 aliphatic heterocycles. The van der Waals surface area contributed by atoms with Gasteiger partial charge in [0, 0.05) is 29.9 Å². The normalized spacial score (nSPS) is 11.3. The first-order valence-electron chi connectivity index (χ1n) is 5.22. The van der Waals surface area contributed by atoms with Gasteiger partial charge in [0.05, 0.1) is 11.2 Å². The molecule has 0 saturated carbocycles. The number of halogens is 2. The number of nitrogens with zero attached hydrogens (tertiary/aromatic N) is 2. The Hall–Kier alpha value is -1.75. The predicted molar refractivity (Wildman–Crippen MR) is 63.8 cm³/mol. The summed E-state index contributed by atoms with van der Waals surface area (Å²) in [7, 11) is 1.77. The van der Waals surface area contributed by atoms with Crippen molar-refractivity contribution in [2.24, 2.45) is 0 Å². The van der Waals surface area contributed by atoms with Crippen LogP contribution in [0, 0.1) is 0 Å². The maximum Gasteiger partial charge on any atom is 0.319 e. The Morgan fingerprint density at radius 2 is 2.35 bits per heavy atom. The number of hydrogen-bond acceptors (Lipinski definition) is 2. The highest BCUT2D eigenvalue weighted by atomic mass is 19.3. The van der Waals surface area contributed by atoms with Gasteiger partial charge in [-0.15, -0.1) is 0 Å². The van der Waals surface area contributed by atoms with Crippen molar-refractivity contribution >= 4 is 17.0 Å². The van der Waals surface area contributed by atoms with Gasteiger partial charge in [0.25, 0.3) is 0 Å². The topological polar surface area (TPSA) is 29.9 Å². The third kappa shape index (κ3) is 1.82. The number of pyridine rings is 1. The second kappa shape index (κ2) is 4.63. The number of hydrogen-bond donors (Lipinski definition) is 1. The fourth-order valence-corrected chi connectivity index (χ4v) is 2.04. The van der Waals surface area contributed by atoms with Crippen molar-refractivity contribution in [2.45, 2.75) is 13.1 Å². The van der Waals surface area contributed by atoms with Gasteiger partial charge in [-0.1, -0.05) is 6.58 Å². The molecule has 0 unspecified atom stereocenters. The quantitative estimate of drug-likeness (QED) is 0.886. The van der Waals surface area contributed by atoms with E-state index in [1.807, 2.05) is 0 Å². The zero-order chi connectivity index (χ0) is 12.4. The van der Waals surface area contributed by atoms with Crippen molar-refractivity contribution in [3.63, 3.8) is 0 Å². The van der Waals surface area contributed by atoms with E-state index in [9.17, 15) is 8.78 Å². The molecule has 0 amide bonds. The van der Waals surface area contributed by atoms with Crippen molar-refractivity contribution in [1.82, 2.24) is 14.9 Å². The van der Waals surface area contributed by atoms with Gasteiger partial charge in [0.2, 0.25) is 0 Å². The van der Waals surface area contributed by atoms with Crippen LogP contribution in [-0.2, 0) is 6.54 Å². The van der Waals surface area contributed by atoms with Gasteiger partial charge in [-0.3, -0.25) is 9.55 Å². The van der Waals surface area contributed by atoms with Crippen molar-refractivity contribution in [1.29, 1.82) is 0 Å². The van der Waals surface area contributed by atoms with Crippen LogP contribution in [0.25, 0.3) is 17.0 Å². The largest absolute Gasteiger partial charge is 0.319 e. The predicted octanol–water partition coefficient (Wildman–Crippen LogP) is 2.79. The molecule has 2 aromatic rings. The molecule has 0 radical (unpaired) electrons. The summed E-state index contributed by atoms with van der Waals surface area (Å²) >= 11 is 0. The van der Waals surface area contributed by atoms with Gasteiger partial charge in [-0.05, 0) is 19.2 Å². The van der Waals surface area contributed by atoms with Crippen LogP contribution >= 0.6 is 0 Å². The van der Waals surface area contributed by atoms with E-state index in [4.69, 9.17) is 0 Å². The maximum atomic E-state index is 13.1. The first-order valence-corrected chi connectivity index (χ1v) is 5.22. The van der Waals surface area contributed by atoms with Gasteiger partial charge in [0.15, 0.2) is 0 Å². The first kappa shape index (κ1) is 11.7. The lowest BCUT2D eigenvalue weighted by Gasteiger charge is -2.07. The van der Waals surface area contributed by atoms with E-state index in [0.29, 0.717) is 17.8 Å². The molecule has 0 bridgehead atoms. The Labute approximate surface area is 97.8 Å². The van der Waals surface area contributed by atoms with Crippen molar-refractivity contribution in [2.75, 3.05) is 7.05 Å². The minimum absolute atomic E-state index is 0.442. The van der Waals surface area contributed by atoms with E-state index in [1.165, 1.54) is 12.3 Å². The van der Waals surface area contributed by atoms with Crippen LogP contribution in [0.1, 0.15) is 17.8 Å². The molecular formula is C12H13F2N3. The Morgan fingerprint density at radius 1 is 1.59 bits per heavy atom. The summed E-state index contributed by atoms with van der Waals surface area (Å²) in [6.07, 6.45) is 4.57. The molecule has 3 nitrogen and oxygen atoms in total. The van der Waals surface area contributed by atoms with Gasteiger partial charge in [-0.25, -0.2) is 0 Å². The highest BCUT2D eigenvalue weighted by Gasteiger charge is 2.19. The molecule has 0 aromatic carbocycles. The van der Waals surface area contributed by atoms with Crippen LogP contribution in [0.2, 0.25) is 0 Å². The summed E-state index contributed by atoms with van der Waals surface area (Å²) in [5.41, 5.74) is 1.72. The Balaban J connectivity index is 2.81. The summed E-state index contributed by atoms with van der Waals surface area (Å²) in [5.74, 6) is 0. The van der Waals surface area contributed by atoms with Crippen LogP contribution in [0.15, 0.2) is 25.0 Å². The maximum absolute atomic E-state index is 13.1. The van der Waals surface area contributed by atoms with Crippen molar-refractivity contribution in [3.05, 3.63) is 36.3 Å². The van der Waals surface area contributed by atoms with Crippen molar-refractivity contribution < 1.29 is 8.78 Å². The molecule has 90 valence electrons. The van der Waals surface area contributed by atoms with Crippen molar-refractivity contribution in [3.8, 4) is 0 Å². The Morgan fingerprint density at radius 3 is 2.94 bits per heavy atom. The fraction of sp³-hybridized carbons (Fsp3) is 0.250. The van der Waals surface area contributed by atoms with Gasteiger partial charge in [0.1, 0.15) is 0 Å². The number of rotatable bonds is 4. The lowest BCUT2D eigenvalue weighted by atomic mass is 10.1. The van der Waals surface area contributed by atoms with E-state index >= 15 is 0 Å². The monoisotopic (exact) mass is 237 g/mol. The Bertz CT molecular complexity index is 546. The third-order valence-corrected chi connectivity index (χ3v) is 2.69. The Kier molecular flexibility index (Phi) is 3.19. The molecule has 0 fully saturated rings. The van der Waals surface area contributed by atoms with Crippen LogP contribution in [0.3, 0.4) is 0 Å². The standard InChI is InChI=1S/C12H13F2N3/c1-3-10-8(6-15-2)9-7-16-5-4-11(9)17(10)12(13)14/h3-5,7,12,15H,1,6H2,2H3. The highest BCUT2D eigenvalue weighted by Crippen LogP contribution is 2.30. The summed E-state index contributed by atoms with van der Waals surface area (Å²) in [4.78, 5) is 3.98. The second-order valence-corrected chi connectivity index (χ2v) is 3.64. The van der Waals surface area contributed by atoms with E-state index in [0.717, 1.165) is 15.5 Å². The smallest absolute Gasteiger partial charge is 0.316 e. The van der Waals surface area contributed by atoms with Crippen LogP contribution in [0.5, 0.6) is 0 Å². The molecule has 0 saturated heterocycles. The van der Waals surface area contributed by atoms with E-state index in [-0.39, 0.29) is 0 Å². The number of nitrogens with one attached hydrogen (secondary N) is 1. The molecule has 0 aliphatic rings. The highest BCUT2D eigenvalue weighted by molar-refractivity contribution is 5.87. The molecule has 0 atom stereocenters. The molecule has 5 heteroatoms. The van der Waals surface area contributed by atoms with E-state index in [2.05, 4.69) is 16.9 Å². The summed E-state index contributed by atoms with van der Waals surface area (Å²) < 4.78 is 27.1. The van der Waals surface area contributed by atoms with E-state index < -0.39 is 6.55 Å². The molecule has 1 N–H and O–H groups in total. The summed E-state index contributed by atoms with van der Waals surface area (Å²) in [6, 6.07) is 1.59. The van der Waals surface area contributed by atoms with Gasteiger partial charge < -0.3 is 5.32 Å². The average Bonchev–Trinajstić information content (AvgIpc) is 2.64. The lowest BCUT2D eigenvalue weighted by molar-refractivity contribution is 0.0744. The minimum atomic E-state index is -2.58. The van der Waals surface area contributed by atoms with Crippen LogP contribution in [-0.4, -0.2) is 16.6 Å². The van der Waals surface area contributed by atoms with Gasteiger partial charge >= 0.3 is 6.55 Å². The number of alkyl halides is 2. The summed E-state index contributed by atoms with van der Waals surface area (Å²) in [6.45, 7) is 1.53. The molecule has 2 aromatic heterocycles. The van der Waals surface area contributed by atoms with Gasteiger partial charge in [-0.2, -0.15) is 8.78 Å². The molecule has 2 rings (SSSR count). The SMILES string of the molecule is C=Cc1c(CNC)c2cnccc2n1C(F)F. The molecule has 2 heterocycles. The molecule has 0 spiro atoms. The second-order valence-electron chi connectivity index (χ2n) is 3.64. The molecular weight excluding hydrogens is 224 g/mol. The first-order chi connectivity index (χ1) is 8.20.